The monoisotopic (exact) mass is 650 g/mol. The number of rotatable bonds is 12. The van der Waals surface area contributed by atoms with Crippen molar-refractivity contribution in [1.82, 2.24) is 39.0 Å². The third-order valence-electron chi connectivity index (χ3n) is 7.90. The normalized spacial score (nSPS) is 29.5. The molecule has 6 rings (SSSR count). The fraction of sp³-hybridized carbons (Fsp3) is 0.556. The highest BCUT2D eigenvalue weighted by molar-refractivity contribution is 7.38. The molecular weight excluding hydrogens is 617 g/mol. The Kier molecular flexibility index (Phi) is 9.56. The molecule has 0 aliphatic carbocycles. The Morgan fingerprint density at radius 1 is 0.844 bits per heavy atom. The van der Waals surface area contributed by atoms with Crippen molar-refractivity contribution in [1.29, 1.82) is 0 Å². The van der Waals surface area contributed by atoms with Gasteiger partial charge in [0.15, 0.2) is 44.1 Å². The minimum absolute atomic E-state index is 0.368. The van der Waals surface area contributed by atoms with E-state index in [-0.39, 0.29) is 0 Å². The first-order chi connectivity index (χ1) is 21.8. The lowest BCUT2D eigenvalue weighted by atomic mass is 10.1. The van der Waals surface area contributed by atoms with Gasteiger partial charge in [-0.15, -0.1) is 0 Å². The van der Waals surface area contributed by atoms with Gasteiger partial charge in [0.05, 0.1) is 37.3 Å². The van der Waals surface area contributed by atoms with E-state index in [0.717, 1.165) is 0 Å². The molecule has 4 aromatic heterocycles. The van der Waals surface area contributed by atoms with Crippen molar-refractivity contribution in [2.45, 2.75) is 74.9 Å². The predicted molar refractivity (Wildman–Crippen MR) is 154 cm³/mol. The molecular formula is C27H33F2N8O7P. The summed E-state index contributed by atoms with van der Waals surface area (Å²) >= 11 is 0. The molecule has 45 heavy (non-hydrogen) atoms. The van der Waals surface area contributed by atoms with E-state index in [9.17, 15) is 24.3 Å². The Hall–Kier alpha value is -3.31. The quantitative estimate of drug-likeness (QED) is 0.147. The number of halogens is 2. The van der Waals surface area contributed by atoms with Crippen molar-refractivity contribution < 1.29 is 42.7 Å². The van der Waals surface area contributed by atoms with Gasteiger partial charge < -0.3 is 29.3 Å². The summed E-state index contributed by atoms with van der Waals surface area (Å²) in [7, 11) is -2.46. The number of aliphatic hydroxyl groups is 3. The number of ether oxygens (including phenoxy) is 2. The van der Waals surface area contributed by atoms with E-state index in [2.05, 4.69) is 29.9 Å². The average Bonchev–Trinajstić information content (AvgIpc) is 3.80. The summed E-state index contributed by atoms with van der Waals surface area (Å²) < 4.78 is 60.8. The second-order valence-electron chi connectivity index (χ2n) is 10.8. The highest BCUT2D eigenvalue weighted by atomic mass is 31.1. The number of allylic oxidation sites excluding steroid dienone is 2. The maximum atomic E-state index is 15.3. The third kappa shape index (κ3) is 6.13. The van der Waals surface area contributed by atoms with Crippen LogP contribution in [0.15, 0.2) is 37.5 Å². The van der Waals surface area contributed by atoms with Crippen LogP contribution in [-0.2, 0) is 31.4 Å². The molecule has 9 atom stereocenters. The zero-order valence-corrected chi connectivity index (χ0v) is 25.1. The summed E-state index contributed by atoms with van der Waals surface area (Å²) in [4.78, 5) is 25.9. The van der Waals surface area contributed by atoms with Crippen LogP contribution in [-0.4, -0.2) is 111 Å². The average molecular weight is 651 g/mol. The van der Waals surface area contributed by atoms with Crippen LogP contribution in [0, 0.1) is 0 Å². The van der Waals surface area contributed by atoms with Gasteiger partial charge >= 0.3 is 0 Å². The maximum absolute atomic E-state index is 15.3. The molecule has 15 nitrogen and oxygen atoms in total. The molecule has 0 aromatic carbocycles. The summed E-state index contributed by atoms with van der Waals surface area (Å²) in [6.45, 7) is 0.346. The number of fused-ring (bicyclic) bond motifs is 2. The Morgan fingerprint density at radius 2 is 1.36 bits per heavy atom. The first-order valence-corrected chi connectivity index (χ1v) is 16.3. The number of alkyl halides is 2. The first-order valence-electron chi connectivity index (χ1n) is 14.5. The fourth-order valence-corrected chi connectivity index (χ4v) is 6.36. The molecule has 2 aliphatic rings. The number of aryl methyl sites for hydroxylation is 2. The Bertz CT molecular complexity index is 1690. The van der Waals surface area contributed by atoms with Gasteiger partial charge in [0.25, 0.3) is 0 Å². The van der Waals surface area contributed by atoms with E-state index in [1.54, 1.807) is 0 Å². The van der Waals surface area contributed by atoms with Crippen molar-refractivity contribution in [3.05, 3.63) is 48.8 Å². The standard InChI is InChI=1S/C27H33F2N8O7P/c1-45(41)44-23-17(9-39)43-27(19(23)29)37-13-35-21-15(31-11-33-25(21)37)7-5-3-2-4-6-14-20-24(32-10-30-14)36(12-34-20)26-18(28)22(40)16(8-38)42-26/h2-3,10-13,16-19,22-23,26-27,38-40,45H,4-9H2,1H3/b3-2+/t16?,17?,18-,19-,22-,23-,26-,27-/m1/s1. The maximum Gasteiger partial charge on any atom is 0.189 e. The number of hydrogen-bond donors (Lipinski definition) is 3. The van der Waals surface area contributed by atoms with Crippen molar-refractivity contribution in [2.75, 3.05) is 19.9 Å². The number of nitrogens with zero attached hydrogens (tertiary/aromatic N) is 8. The topological polar surface area (TPSA) is 193 Å². The van der Waals surface area contributed by atoms with Crippen LogP contribution in [0.5, 0.6) is 0 Å². The van der Waals surface area contributed by atoms with Gasteiger partial charge in [-0.2, -0.15) is 0 Å². The lowest BCUT2D eigenvalue weighted by molar-refractivity contribution is -0.0459. The van der Waals surface area contributed by atoms with Crippen LogP contribution in [0.1, 0.15) is 36.7 Å². The highest BCUT2D eigenvalue weighted by Gasteiger charge is 2.48. The minimum atomic E-state index is -2.46. The predicted octanol–water partition coefficient (Wildman–Crippen LogP) is 1.39. The van der Waals surface area contributed by atoms with Crippen molar-refractivity contribution >= 4 is 30.4 Å². The van der Waals surface area contributed by atoms with E-state index in [1.165, 1.54) is 41.1 Å². The smallest absolute Gasteiger partial charge is 0.189 e. The zero-order valence-electron chi connectivity index (χ0n) is 24.1. The second kappa shape index (κ2) is 13.6. The Balaban J connectivity index is 1.07. The molecule has 242 valence electrons. The van der Waals surface area contributed by atoms with Gasteiger partial charge in [-0.05, 0) is 25.7 Å². The van der Waals surface area contributed by atoms with Crippen molar-refractivity contribution in [3.8, 4) is 0 Å². The molecule has 2 aliphatic heterocycles. The van der Waals surface area contributed by atoms with Crippen LogP contribution in [0.3, 0.4) is 0 Å². The molecule has 0 radical (unpaired) electrons. The Labute approximate surface area is 255 Å². The largest absolute Gasteiger partial charge is 0.394 e. The molecule has 0 saturated carbocycles. The van der Waals surface area contributed by atoms with Gasteiger partial charge in [-0.25, -0.2) is 38.7 Å². The van der Waals surface area contributed by atoms with E-state index < -0.39 is 70.5 Å². The lowest BCUT2D eigenvalue weighted by Crippen LogP contribution is -2.32. The molecule has 0 spiro atoms. The number of aromatic nitrogens is 8. The third-order valence-corrected chi connectivity index (χ3v) is 8.51. The summed E-state index contributed by atoms with van der Waals surface area (Å²) in [5, 5.41) is 28.9. The Morgan fingerprint density at radius 3 is 1.84 bits per heavy atom. The zero-order chi connectivity index (χ0) is 31.7. The fourth-order valence-electron chi connectivity index (χ4n) is 5.69. The molecule has 3 N–H and O–H groups in total. The summed E-state index contributed by atoms with van der Waals surface area (Å²) in [5.41, 5.74) is 3.06. The van der Waals surface area contributed by atoms with E-state index in [0.29, 0.717) is 59.4 Å². The number of hydrogen-bond acceptors (Lipinski definition) is 13. The molecule has 4 aromatic rings. The van der Waals surface area contributed by atoms with E-state index in [1.807, 2.05) is 12.2 Å². The highest BCUT2D eigenvalue weighted by Crippen LogP contribution is 2.39. The van der Waals surface area contributed by atoms with Gasteiger partial charge in [0.1, 0.15) is 48.1 Å². The molecule has 2 fully saturated rings. The van der Waals surface area contributed by atoms with Gasteiger partial charge in [-0.1, -0.05) is 12.2 Å². The number of imidazole rings is 2. The van der Waals surface area contributed by atoms with Gasteiger partial charge in [0.2, 0.25) is 0 Å². The van der Waals surface area contributed by atoms with Crippen molar-refractivity contribution in [3.63, 3.8) is 0 Å². The van der Waals surface area contributed by atoms with Gasteiger partial charge in [0, 0.05) is 6.66 Å². The molecule has 18 heteroatoms. The molecule has 6 heterocycles. The SMILES string of the molecule is C[PH](=O)O[C@@H]1C(CO)O[C@@H](n2cnc3c(CC/C=C/CCc4ncnc5c4ncn5[C@@H]4OC(CO)[C@@H](O)[C@H]4F)ncnc32)[C@@H]1F. The van der Waals surface area contributed by atoms with Gasteiger partial charge in [-0.3, -0.25) is 13.7 Å². The number of aliphatic hydroxyl groups excluding tert-OH is 3. The van der Waals surface area contributed by atoms with Crippen LogP contribution in [0.2, 0.25) is 0 Å². The van der Waals surface area contributed by atoms with Crippen molar-refractivity contribution in [2.24, 2.45) is 0 Å². The second-order valence-corrected chi connectivity index (χ2v) is 12.0. The molecule has 0 bridgehead atoms. The summed E-state index contributed by atoms with van der Waals surface area (Å²) in [5.74, 6) is 0. The first kappa shape index (κ1) is 31.7. The molecule has 2 saturated heterocycles. The lowest BCUT2D eigenvalue weighted by Gasteiger charge is -2.16. The van der Waals surface area contributed by atoms with E-state index >= 15 is 4.39 Å². The molecule has 0 amide bonds. The van der Waals surface area contributed by atoms with E-state index in [4.69, 9.17) is 14.0 Å². The van der Waals surface area contributed by atoms with Crippen LogP contribution < -0.4 is 0 Å². The summed E-state index contributed by atoms with van der Waals surface area (Å²) in [6, 6.07) is 0. The van der Waals surface area contributed by atoms with Crippen LogP contribution in [0.4, 0.5) is 8.78 Å². The molecule has 3 unspecified atom stereocenters. The van der Waals surface area contributed by atoms with Crippen LogP contribution in [0.25, 0.3) is 22.3 Å². The van der Waals surface area contributed by atoms with Crippen LogP contribution >= 0.6 is 8.03 Å². The summed E-state index contributed by atoms with van der Waals surface area (Å²) in [6.07, 6.45) is 1.49. The minimum Gasteiger partial charge on any atom is -0.394 e.